The quantitative estimate of drug-likeness (QED) is 0.299. The van der Waals surface area contributed by atoms with Gasteiger partial charge in [-0.15, -0.1) is 0 Å². The fourth-order valence-electron chi connectivity index (χ4n) is 4.39. The van der Waals surface area contributed by atoms with Gasteiger partial charge >= 0.3 is 0 Å². The molecule has 0 N–H and O–H groups in total. The fourth-order valence-corrected chi connectivity index (χ4v) is 4.39. The molecule has 0 bridgehead atoms. The Morgan fingerprint density at radius 1 is 0.765 bits per heavy atom. The van der Waals surface area contributed by atoms with E-state index in [1.54, 1.807) is 6.92 Å². The van der Waals surface area contributed by atoms with Gasteiger partial charge in [-0.3, -0.25) is 4.79 Å². The van der Waals surface area contributed by atoms with Gasteiger partial charge in [0.1, 0.15) is 5.78 Å². The molecule has 0 aromatic heterocycles. The summed E-state index contributed by atoms with van der Waals surface area (Å²) in [6.45, 7) is 5.32. The van der Waals surface area contributed by atoms with Crippen molar-refractivity contribution >= 4 is 11.7 Å². The highest BCUT2D eigenvalue weighted by atomic mass is 16.2. The van der Waals surface area contributed by atoms with Gasteiger partial charge < -0.3 is 9.69 Å². The van der Waals surface area contributed by atoms with Crippen LogP contribution in [-0.4, -0.2) is 29.7 Å². The maximum Gasteiger partial charge on any atom is 0.226 e. The molecule has 0 aliphatic rings. The van der Waals surface area contributed by atoms with E-state index in [4.69, 9.17) is 0 Å². The van der Waals surface area contributed by atoms with Gasteiger partial charge in [-0.1, -0.05) is 91.9 Å². The van der Waals surface area contributed by atoms with Crippen molar-refractivity contribution < 1.29 is 9.59 Å². The number of benzene rings is 3. The molecule has 3 nitrogen and oxygen atoms in total. The normalized spacial score (nSPS) is 11.7. The molecular formula is C31H37NO2. The van der Waals surface area contributed by atoms with E-state index in [1.807, 2.05) is 29.2 Å². The summed E-state index contributed by atoms with van der Waals surface area (Å²) in [5, 5.41) is 0. The second-order valence-corrected chi connectivity index (χ2v) is 9.16. The first-order valence-electron chi connectivity index (χ1n) is 12.5. The molecule has 1 amide bonds. The molecule has 1 unspecified atom stereocenters. The molecule has 0 spiro atoms. The Kier molecular flexibility index (Phi) is 10.1. The Morgan fingerprint density at radius 3 is 2.00 bits per heavy atom. The largest absolute Gasteiger partial charge is 0.342 e. The lowest BCUT2D eigenvalue weighted by molar-refractivity contribution is -0.130. The zero-order valence-corrected chi connectivity index (χ0v) is 20.6. The summed E-state index contributed by atoms with van der Waals surface area (Å²) in [6.07, 6.45) is 4.62. The van der Waals surface area contributed by atoms with Gasteiger partial charge in [-0.05, 0) is 60.8 Å². The van der Waals surface area contributed by atoms with Crippen LogP contribution in [0.15, 0.2) is 84.9 Å². The highest BCUT2D eigenvalue weighted by Gasteiger charge is 2.15. The molecule has 0 radical (unpaired) electrons. The molecule has 3 aromatic carbocycles. The molecule has 0 heterocycles. The van der Waals surface area contributed by atoms with E-state index in [9.17, 15) is 9.59 Å². The standard InChI is InChI=1S/C31H37NO2/c1-3-21-32(22-20-26-10-6-4-7-11-26)31(34)24-28-17-15-27(16-18-28)23-30(19-14-25(2)33)29-12-8-5-9-13-29/h4-13,15-18,30H,3,14,19-24H2,1-2H3. The number of Topliss-reactive ketones (excluding diaryl/α,β-unsaturated/α-hetero) is 1. The molecule has 0 aliphatic carbocycles. The molecule has 34 heavy (non-hydrogen) atoms. The van der Waals surface area contributed by atoms with Crippen molar-refractivity contribution in [2.45, 2.75) is 58.3 Å². The third kappa shape index (κ3) is 8.30. The van der Waals surface area contributed by atoms with Gasteiger partial charge in [-0.25, -0.2) is 0 Å². The maximum atomic E-state index is 13.0. The lowest BCUT2D eigenvalue weighted by atomic mass is 9.87. The van der Waals surface area contributed by atoms with Crippen LogP contribution in [0.1, 0.15) is 61.3 Å². The third-order valence-corrected chi connectivity index (χ3v) is 6.34. The minimum Gasteiger partial charge on any atom is -0.342 e. The van der Waals surface area contributed by atoms with E-state index in [2.05, 4.69) is 67.6 Å². The molecule has 0 saturated carbocycles. The summed E-state index contributed by atoms with van der Waals surface area (Å²) in [5.74, 6) is 0.739. The Balaban J connectivity index is 1.60. The number of nitrogens with zero attached hydrogens (tertiary/aromatic N) is 1. The fraction of sp³-hybridized carbons (Fsp3) is 0.355. The van der Waals surface area contributed by atoms with Crippen molar-refractivity contribution in [2.24, 2.45) is 0 Å². The van der Waals surface area contributed by atoms with E-state index >= 15 is 0 Å². The summed E-state index contributed by atoms with van der Waals surface area (Å²) in [4.78, 5) is 26.6. The van der Waals surface area contributed by atoms with Crippen molar-refractivity contribution in [1.82, 2.24) is 4.90 Å². The van der Waals surface area contributed by atoms with Crippen LogP contribution in [0.25, 0.3) is 0 Å². The zero-order chi connectivity index (χ0) is 24.2. The van der Waals surface area contributed by atoms with Crippen molar-refractivity contribution in [3.8, 4) is 0 Å². The molecule has 3 heteroatoms. The monoisotopic (exact) mass is 455 g/mol. The summed E-state index contributed by atoms with van der Waals surface area (Å²) in [7, 11) is 0. The Labute approximate surface area is 204 Å². The van der Waals surface area contributed by atoms with Crippen molar-refractivity contribution in [3.05, 3.63) is 107 Å². The van der Waals surface area contributed by atoms with E-state index in [-0.39, 0.29) is 11.7 Å². The average molecular weight is 456 g/mol. The number of hydrogen-bond donors (Lipinski definition) is 0. The predicted octanol–water partition coefficient (Wildman–Crippen LogP) is 6.41. The number of carbonyl (C=O) groups is 2. The highest BCUT2D eigenvalue weighted by molar-refractivity contribution is 5.78. The zero-order valence-electron chi connectivity index (χ0n) is 20.6. The highest BCUT2D eigenvalue weighted by Crippen LogP contribution is 2.26. The van der Waals surface area contributed by atoms with Crippen LogP contribution in [0.3, 0.4) is 0 Å². The molecule has 3 rings (SSSR count). The van der Waals surface area contributed by atoms with E-state index < -0.39 is 0 Å². The molecule has 0 saturated heterocycles. The Bertz CT molecular complexity index is 1010. The average Bonchev–Trinajstić information content (AvgIpc) is 2.86. The molecule has 0 fully saturated rings. The third-order valence-electron chi connectivity index (χ3n) is 6.34. The lowest BCUT2D eigenvalue weighted by Crippen LogP contribution is -2.34. The van der Waals surface area contributed by atoms with Crippen LogP contribution in [0.4, 0.5) is 0 Å². The van der Waals surface area contributed by atoms with Gasteiger partial charge in [0.15, 0.2) is 0 Å². The minimum absolute atomic E-state index is 0.189. The number of ketones is 1. The van der Waals surface area contributed by atoms with Gasteiger partial charge in [0.05, 0.1) is 6.42 Å². The Hall–Kier alpha value is -3.20. The lowest BCUT2D eigenvalue weighted by Gasteiger charge is -2.22. The number of hydrogen-bond acceptors (Lipinski definition) is 2. The van der Waals surface area contributed by atoms with E-state index in [0.717, 1.165) is 44.3 Å². The molecule has 3 aromatic rings. The Morgan fingerprint density at radius 2 is 1.38 bits per heavy atom. The van der Waals surface area contributed by atoms with Crippen LogP contribution in [-0.2, 0) is 28.9 Å². The first-order valence-corrected chi connectivity index (χ1v) is 12.5. The van der Waals surface area contributed by atoms with E-state index in [1.165, 1.54) is 16.7 Å². The smallest absolute Gasteiger partial charge is 0.226 e. The van der Waals surface area contributed by atoms with Crippen molar-refractivity contribution in [3.63, 3.8) is 0 Å². The van der Waals surface area contributed by atoms with Crippen LogP contribution in [0.5, 0.6) is 0 Å². The second-order valence-electron chi connectivity index (χ2n) is 9.16. The second kappa shape index (κ2) is 13.5. The first-order chi connectivity index (χ1) is 16.5. The maximum absolute atomic E-state index is 13.0. The minimum atomic E-state index is 0.189. The van der Waals surface area contributed by atoms with Gasteiger partial charge in [-0.2, -0.15) is 0 Å². The summed E-state index contributed by atoms with van der Waals surface area (Å²) >= 11 is 0. The van der Waals surface area contributed by atoms with Crippen molar-refractivity contribution in [2.75, 3.05) is 13.1 Å². The van der Waals surface area contributed by atoms with Crippen LogP contribution in [0, 0.1) is 0 Å². The number of rotatable bonds is 13. The molecular weight excluding hydrogens is 418 g/mol. The SMILES string of the molecule is CCCN(CCc1ccccc1)C(=O)Cc1ccc(CC(CCC(C)=O)c2ccccc2)cc1. The predicted molar refractivity (Wildman–Crippen MR) is 140 cm³/mol. The summed E-state index contributed by atoms with van der Waals surface area (Å²) < 4.78 is 0. The summed E-state index contributed by atoms with van der Waals surface area (Å²) in [5.41, 5.74) is 4.83. The number of carbonyl (C=O) groups excluding carboxylic acids is 2. The first kappa shape index (κ1) is 25.4. The van der Waals surface area contributed by atoms with Gasteiger partial charge in [0.2, 0.25) is 5.91 Å². The van der Waals surface area contributed by atoms with Crippen LogP contribution < -0.4 is 0 Å². The number of amides is 1. The van der Waals surface area contributed by atoms with Crippen LogP contribution in [0.2, 0.25) is 0 Å². The topological polar surface area (TPSA) is 37.4 Å². The van der Waals surface area contributed by atoms with Gasteiger partial charge in [0.25, 0.3) is 0 Å². The molecule has 0 aliphatic heterocycles. The summed E-state index contributed by atoms with van der Waals surface area (Å²) in [6, 6.07) is 29.2. The molecule has 178 valence electrons. The molecule has 1 atom stereocenters. The van der Waals surface area contributed by atoms with Crippen molar-refractivity contribution in [1.29, 1.82) is 0 Å². The van der Waals surface area contributed by atoms with E-state index in [0.29, 0.717) is 18.8 Å². The van der Waals surface area contributed by atoms with Crippen LogP contribution >= 0.6 is 0 Å². The van der Waals surface area contributed by atoms with Gasteiger partial charge in [0, 0.05) is 19.5 Å².